The Labute approximate surface area is 77.9 Å². The number of aromatic nitrogens is 1. The van der Waals surface area contributed by atoms with Crippen LogP contribution in [0.1, 0.15) is 12.0 Å². The van der Waals surface area contributed by atoms with Crippen molar-refractivity contribution in [1.82, 2.24) is 0 Å². The van der Waals surface area contributed by atoms with Gasteiger partial charge in [0, 0.05) is 0 Å². The van der Waals surface area contributed by atoms with Crippen LogP contribution in [0, 0.1) is 11.5 Å². The minimum absolute atomic E-state index is 0. The molecule has 1 heterocycles. The van der Waals surface area contributed by atoms with Crippen molar-refractivity contribution in [2.45, 2.75) is 12.8 Å². The summed E-state index contributed by atoms with van der Waals surface area (Å²) in [5, 5.41) is 8.58. The third-order valence-corrected chi connectivity index (χ3v) is 1.61. The summed E-state index contributed by atoms with van der Waals surface area (Å²) in [6.07, 6.45) is 9.39. The van der Waals surface area contributed by atoms with Gasteiger partial charge in [-0.2, -0.15) is 0 Å². The van der Waals surface area contributed by atoms with E-state index in [0.717, 1.165) is 12.8 Å². The lowest BCUT2D eigenvalue weighted by Gasteiger charge is -1.94. The zero-order chi connectivity index (χ0) is 8.81. The van der Waals surface area contributed by atoms with Gasteiger partial charge in [0.2, 0.25) is 0 Å². The Bertz CT molecular complexity index is 315. The maximum absolute atomic E-state index is 8.58. The largest absolute Gasteiger partial charge is 0.870 e. The van der Waals surface area contributed by atoms with Gasteiger partial charge in [-0.15, -0.1) is 11.1 Å². The lowest BCUT2D eigenvalue weighted by molar-refractivity contribution is -0.586. The Morgan fingerprint density at radius 3 is 3.00 bits per heavy atom. The van der Waals surface area contributed by atoms with Crippen LogP contribution in [0.5, 0.6) is 0 Å². The van der Waals surface area contributed by atoms with Crippen molar-refractivity contribution in [3.8, 4) is 6.19 Å². The second-order valence-electron chi connectivity index (χ2n) is 2.55. The molecule has 68 valence electrons. The molecule has 0 saturated heterocycles. The van der Waals surface area contributed by atoms with E-state index in [0.29, 0.717) is 0 Å². The molecule has 0 aromatic carbocycles. The predicted octanol–water partition coefficient (Wildman–Crippen LogP) is 1.25. The van der Waals surface area contributed by atoms with Gasteiger partial charge in [0.1, 0.15) is 12.4 Å². The monoisotopic (exact) mass is 176 g/mol. The average Bonchev–Trinajstić information content (AvgIpc) is 2.15. The van der Waals surface area contributed by atoms with E-state index in [1.165, 1.54) is 10.1 Å². The second kappa shape index (κ2) is 5.92. The zero-order valence-electron chi connectivity index (χ0n) is 7.35. The molecule has 1 N–H and O–H groups in total. The molecular weight excluding hydrogens is 164 g/mol. The standard InChI is InChI=1S/C10H11N2.H2O/c1-2-3-5-10-6-4-7-12(8-10)9-11;/h2,4,6-8H,1,3,5H2;1H2/q+1;/p-1. The highest BCUT2D eigenvalue weighted by Gasteiger charge is 1.96. The zero-order valence-corrected chi connectivity index (χ0v) is 7.35. The van der Waals surface area contributed by atoms with E-state index >= 15 is 0 Å². The molecular formula is C10H12N2O. The van der Waals surface area contributed by atoms with Crippen LogP contribution in [0.2, 0.25) is 0 Å². The summed E-state index contributed by atoms with van der Waals surface area (Å²) < 4.78 is 1.50. The fourth-order valence-electron chi connectivity index (χ4n) is 1.00. The van der Waals surface area contributed by atoms with Gasteiger partial charge in [-0.25, -0.2) is 0 Å². The van der Waals surface area contributed by atoms with Crippen molar-refractivity contribution >= 4 is 0 Å². The Balaban J connectivity index is 0.00000144. The van der Waals surface area contributed by atoms with Crippen molar-refractivity contribution in [1.29, 1.82) is 5.26 Å². The average molecular weight is 176 g/mol. The first kappa shape index (κ1) is 11.3. The number of nitriles is 1. The van der Waals surface area contributed by atoms with E-state index < -0.39 is 0 Å². The van der Waals surface area contributed by atoms with Crippen LogP contribution in [0.15, 0.2) is 37.2 Å². The third kappa shape index (κ3) is 3.50. The Kier molecular flexibility index (Phi) is 5.17. The maximum Gasteiger partial charge on any atom is 0.463 e. The first-order valence-electron chi connectivity index (χ1n) is 3.88. The molecule has 0 unspecified atom stereocenters. The number of pyridine rings is 1. The summed E-state index contributed by atoms with van der Waals surface area (Å²) in [5.41, 5.74) is 1.17. The Morgan fingerprint density at radius 1 is 1.62 bits per heavy atom. The molecule has 3 heteroatoms. The summed E-state index contributed by atoms with van der Waals surface area (Å²) in [4.78, 5) is 0. The molecule has 3 nitrogen and oxygen atoms in total. The van der Waals surface area contributed by atoms with Gasteiger partial charge in [-0.1, -0.05) is 12.1 Å². The fraction of sp³-hybridized carbons (Fsp3) is 0.200. The molecule has 0 amide bonds. The molecule has 0 saturated carbocycles. The smallest absolute Gasteiger partial charge is 0.463 e. The van der Waals surface area contributed by atoms with E-state index in [2.05, 4.69) is 6.58 Å². The maximum atomic E-state index is 8.58. The Hall–Kier alpha value is -1.66. The second-order valence-corrected chi connectivity index (χ2v) is 2.55. The highest BCUT2D eigenvalue weighted by molar-refractivity contribution is 5.06. The molecule has 0 aliphatic heterocycles. The SMILES string of the molecule is C=CCCc1ccc[n+](C#N)c1.[OH-]. The third-order valence-electron chi connectivity index (χ3n) is 1.61. The fourth-order valence-corrected chi connectivity index (χ4v) is 1.00. The predicted molar refractivity (Wildman–Crippen MR) is 48.1 cm³/mol. The van der Waals surface area contributed by atoms with Gasteiger partial charge in [-0.05, 0) is 24.5 Å². The van der Waals surface area contributed by atoms with Gasteiger partial charge in [0.15, 0.2) is 5.26 Å². The first-order valence-corrected chi connectivity index (χ1v) is 3.88. The van der Waals surface area contributed by atoms with E-state index in [1.807, 2.05) is 30.6 Å². The molecule has 1 rings (SSSR count). The van der Waals surface area contributed by atoms with E-state index in [1.54, 1.807) is 6.20 Å². The lowest BCUT2D eigenvalue weighted by Crippen LogP contribution is -2.26. The summed E-state index contributed by atoms with van der Waals surface area (Å²) in [5.74, 6) is 0. The normalized spacial score (nSPS) is 8.23. The van der Waals surface area contributed by atoms with Crippen LogP contribution in [-0.2, 0) is 6.42 Å². The number of aryl methyl sites for hydroxylation is 1. The van der Waals surface area contributed by atoms with E-state index in [-0.39, 0.29) is 5.48 Å². The van der Waals surface area contributed by atoms with Crippen molar-refractivity contribution < 1.29 is 10.0 Å². The minimum Gasteiger partial charge on any atom is -0.870 e. The van der Waals surface area contributed by atoms with Crippen LogP contribution in [0.4, 0.5) is 0 Å². The lowest BCUT2D eigenvalue weighted by atomic mass is 10.1. The topological polar surface area (TPSA) is 57.7 Å². The van der Waals surface area contributed by atoms with Crippen LogP contribution < -0.4 is 4.57 Å². The summed E-state index contributed by atoms with van der Waals surface area (Å²) >= 11 is 0. The van der Waals surface area contributed by atoms with E-state index in [4.69, 9.17) is 5.26 Å². The summed E-state index contributed by atoms with van der Waals surface area (Å²) in [7, 11) is 0. The van der Waals surface area contributed by atoms with Crippen molar-refractivity contribution in [2.75, 3.05) is 0 Å². The molecule has 0 spiro atoms. The van der Waals surface area contributed by atoms with Gasteiger partial charge in [-0.3, -0.25) is 0 Å². The van der Waals surface area contributed by atoms with Crippen molar-refractivity contribution in [3.05, 3.63) is 42.7 Å². The van der Waals surface area contributed by atoms with E-state index in [9.17, 15) is 0 Å². The van der Waals surface area contributed by atoms with Crippen LogP contribution in [-0.4, -0.2) is 5.48 Å². The molecule has 13 heavy (non-hydrogen) atoms. The molecule has 1 aromatic rings. The van der Waals surface area contributed by atoms with Gasteiger partial charge in [0.25, 0.3) is 0 Å². The minimum atomic E-state index is 0. The molecule has 0 bridgehead atoms. The van der Waals surface area contributed by atoms with Crippen LogP contribution >= 0.6 is 0 Å². The number of allylic oxidation sites excluding steroid dienone is 1. The number of rotatable bonds is 3. The molecule has 0 atom stereocenters. The first-order chi connectivity index (χ1) is 5.86. The van der Waals surface area contributed by atoms with Crippen molar-refractivity contribution in [3.63, 3.8) is 0 Å². The van der Waals surface area contributed by atoms with Gasteiger partial charge in [0.05, 0.1) is 0 Å². The molecule has 0 aliphatic carbocycles. The number of hydrogen-bond donors (Lipinski definition) is 0. The van der Waals surface area contributed by atoms with Crippen LogP contribution in [0.3, 0.4) is 0 Å². The number of hydrogen-bond acceptors (Lipinski definition) is 2. The quantitative estimate of drug-likeness (QED) is 0.514. The molecule has 0 fully saturated rings. The van der Waals surface area contributed by atoms with Gasteiger partial charge < -0.3 is 5.48 Å². The highest BCUT2D eigenvalue weighted by atomic mass is 16.0. The highest BCUT2D eigenvalue weighted by Crippen LogP contribution is 1.98. The van der Waals surface area contributed by atoms with Crippen LogP contribution in [0.25, 0.3) is 0 Å². The Morgan fingerprint density at radius 2 is 2.38 bits per heavy atom. The molecule has 0 aliphatic rings. The van der Waals surface area contributed by atoms with Gasteiger partial charge >= 0.3 is 6.19 Å². The summed E-state index contributed by atoms with van der Waals surface area (Å²) in [6.45, 7) is 3.65. The number of nitrogens with zero attached hydrogens (tertiary/aromatic N) is 2. The molecule has 0 radical (unpaired) electrons. The van der Waals surface area contributed by atoms with Crippen molar-refractivity contribution in [2.24, 2.45) is 0 Å². The molecule has 1 aromatic heterocycles. The summed E-state index contributed by atoms with van der Waals surface area (Å²) in [6, 6.07) is 3.89.